The van der Waals surface area contributed by atoms with E-state index in [9.17, 15) is 24.5 Å². The van der Waals surface area contributed by atoms with Gasteiger partial charge in [-0.05, 0) is 30.3 Å². The van der Waals surface area contributed by atoms with Gasteiger partial charge in [-0.25, -0.2) is 0 Å². The summed E-state index contributed by atoms with van der Waals surface area (Å²) in [6, 6.07) is 11.9. The van der Waals surface area contributed by atoms with Crippen LogP contribution in [0.4, 0.5) is 11.4 Å². The van der Waals surface area contributed by atoms with Crippen LogP contribution < -0.4 is 10.6 Å². The summed E-state index contributed by atoms with van der Waals surface area (Å²) < 4.78 is 5.62. The zero-order chi connectivity index (χ0) is 19.8. The number of nitrogens with one attached hydrogen (secondary N) is 2. The Balaban J connectivity index is 1.76. The van der Waals surface area contributed by atoms with Gasteiger partial charge in [0.25, 0.3) is 17.5 Å². The number of amides is 2. The lowest BCUT2D eigenvalue weighted by Crippen LogP contribution is -2.32. The topological polar surface area (TPSA) is 128 Å². The number of halogens is 1. The summed E-state index contributed by atoms with van der Waals surface area (Å²) in [6.07, 6.45) is 0. The third-order valence-corrected chi connectivity index (χ3v) is 3.73. The molecule has 10 heteroatoms. The van der Waals surface area contributed by atoms with Gasteiger partial charge in [-0.3, -0.25) is 24.5 Å². The minimum absolute atomic E-state index is 0.0324. The number of nitrogens with zero attached hydrogens (tertiary/aromatic N) is 1. The second kappa shape index (κ2) is 9.43. The van der Waals surface area contributed by atoms with Crippen molar-refractivity contribution >= 4 is 45.1 Å². The van der Waals surface area contributed by atoms with Gasteiger partial charge in [0.1, 0.15) is 6.54 Å². The molecule has 2 N–H and O–H groups in total. The first-order valence-corrected chi connectivity index (χ1v) is 8.38. The highest BCUT2D eigenvalue weighted by atomic mass is 79.9. The summed E-state index contributed by atoms with van der Waals surface area (Å²) in [7, 11) is 0. The Labute approximate surface area is 162 Å². The van der Waals surface area contributed by atoms with Crippen LogP contribution in [0.5, 0.6) is 0 Å². The van der Waals surface area contributed by atoms with Gasteiger partial charge in [-0.2, -0.15) is 0 Å². The van der Waals surface area contributed by atoms with Crippen LogP contribution >= 0.6 is 15.9 Å². The number of carbonyl (C=O) groups is 3. The first-order chi connectivity index (χ1) is 12.8. The van der Waals surface area contributed by atoms with Gasteiger partial charge in [0, 0.05) is 27.9 Å². The van der Waals surface area contributed by atoms with Crippen LogP contribution in [-0.2, 0) is 14.3 Å². The fourth-order valence-corrected chi connectivity index (χ4v) is 2.21. The molecular formula is C17H14BrN3O6. The highest BCUT2D eigenvalue weighted by Crippen LogP contribution is 2.14. The van der Waals surface area contributed by atoms with E-state index in [1.165, 1.54) is 18.2 Å². The number of esters is 1. The van der Waals surface area contributed by atoms with Gasteiger partial charge in [0.05, 0.1) is 4.92 Å². The van der Waals surface area contributed by atoms with E-state index in [0.29, 0.717) is 5.69 Å². The molecule has 0 saturated heterocycles. The molecule has 2 aromatic carbocycles. The van der Waals surface area contributed by atoms with Crippen LogP contribution in [-0.4, -0.2) is 35.9 Å². The van der Waals surface area contributed by atoms with Crippen LogP contribution in [0.25, 0.3) is 0 Å². The van der Waals surface area contributed by atoms with Crippen LogP contribution in [0, 0.1) is 10.1 Å². The Bertz CT molecular complexity index is 869. The van der Waals surface area contributed by atoms with E-state index in [1.54, 1.807) is 24.3 Å². The molecule has 0 aliphatic heterocycles. The number of hydrogen-bond donors (Lipinski definition) is 2. The van der Waals surface area contributed by atoms with Crippen molar-refractivity contribution in [2.75, 3.05) is 18.5 Å². The minimum Gasteiger partial charge on any atom is -0.454 e. The standard InChI is InChI=1S/C17H14BrN3O6/c18-12-4-6-13(7-5-12)20-15(22)10-27-16(23)9-19-17(24)11-2-1-3-14(8-11)21(25)26/h1-8H,9-10H2,(H,19,24)(H,20,22). The van der Waals surface area contributed by atoms with Crippen molar-refractivity contribution in [3.05, 3.63) is 68.7 Å². The number of rotatable bonds is 7. The molecule has 0 heterocycles. The molecule has 2 amide bonds. The predicted molar refractivity (Wildman–Crippen MR) is 99.2 cm³/mol. The van der Waals surface area contributed by atoms with Crippen molar-refractivity contribution < 1.29 is 24.0 Å². The SMILES string of the molecule is O=C(COC(=O)CNC(=O)c1cccc([N+](=O)[O-])c1)Nc1ccc(Br)cc1. The molecule has 140 valence electrons. The molecule has 0 bridgehead atoms. The van der Waals surface area contributed by atoms with E-state index in [-0.39, 0.29) is 11.3 Å². The molecule has 0 saturated carbocycles. The Kier molecular flexibility index (Phi) is 7.00. The van der Waals surface area contributed by atoms with E-state index in [4.69, 9.17) is 4.74 Å². The van der Waals surface area contributed by atoms with E-state index in [1.807, 2.05) is 0 Å². The number of ether oxygens (including phenoxy) is 1. The highest BCUT2D eigenvalue weighted by molar-refractivity contribution is 9.10. The molecule has 0 aromatic heterocycles. The van der Waals surface area contributed by atoms with Gasteiger partial charge in [-0.1, -0.05) is 22.0 Å². The fourth-order valence-electron chi connectivity index (χ4n) is 1.94. The van der Waals surface area contributed by atoms with Crippen LogP contribution in [0.15, 0.2) is 53.0 Å². The van der Waals surface area contributed by atoms with Crippen molar-refractivity contribution in [1.29, 1.82) is 0 Å². The average Bonchev–Trinajstić information content (AvgIpc) is 2.66. The van der Waals surface area contributed by atoms with Crippen LogP contribution in [0.1, 0.15) is 10.4 Å². The van der Waals surface area contributed by atoms with Crippen molar-refractivity contribution in [3.63, 3.8) is 0 Å². The second-order valence-corrected chi connectivity index (χ2v) is 6.12. The number of nitro groups is 1. The molecule has 0 atom stereocenters. The first kappa shape index (κ1) is 20.0. The number of carbonyl (C=O) groups excluding carboxylic acids is 3. The largest absolute Gasteiger partial charge is 0.454 e. The Morgan fingerprint density at radius 3 is 2.48 bits per heavy atom. The molecule has 0 fully saturated rings. The van der Waals surface area contributed by atoms with Gasteiger partial charge in [0.2, 0.25) is 0 Å². The van der Waals surface area contributed by atoms with Crippen molar-refractivity contribution in [3.8, 4) is 0 Å². The van der Waals surface area contributed by atoms with Crippen LogP contribution in [0.2, 0.25) is 0 Å². The summed E-state index contributed by atoms with van der Waals surface area (Å²) >= 11 is 3.27. The van der Waals surface area contributed by atoms with Crippen molar-refractivity contribution in [1.82, 2.24) is 5.32 Å². The van der Waals surface area contributed by atoms with E-state index >= 15 is 0 Å². The normalized spacial score (nSPS) is 9.96. The lowest BCUT2D eigenvalue weighted by atomic mass is 10.2. The van der Waals surface area contributed by atoms with Crippen molar-refractivity contribution in [2.45, 2.75) is 0 Å². The summed E-state index contributed by atoms with van der Waals surface area (Å²) in [5, 5.41) is 15.5. The number of non-ortho nitro benzene ring substituents is 1. The van der Waals surface area contributed by atoms with Gasteiger partial charge in [0.15, 0.2) is 6.61 Å². The molecule has 0 aliphatic carbocycles. The summed E-state index contributed by atoms with van der Waals surface area (Å²) in [6.45, 7) is -0.991. The molecular weight excluding hydrogens is 422 g/mol. The van der Waals surface area contributed by atoms with Crippen molar-refractivity contribution in [2.24, 2.45) is 0 Å². The maximum Gasteiger partial charge on any atom is 0.325 e. The highest BCUT2D eigenvalue weighted by Gasteiger charge is 2.13. The minimum atomic E-state index is -0.820. The number of hydrogen-bond acceptors (Lipinski definition) is 6. The zero-order valence-corrected chi connectivity index (χ0v) is 15.4. The molecule has 27 heavy (non-hydrogen) atoms. The summed E-state index contributed by atoms with van der Waals surface area (Å²) in [5.41, 5.74) is 0.332. The van der Waals surface area contributed by atoms with Gasteiger partial charge < -0.3 is 15.4 Å². The third kappa shape index (κ3) is 6.51. The Morgan fingerprint density at radius 2 is 1.81 bits per heavy atom. The van der Waals surface area contributed by atoms with E-state index in [0.717, 1.165) is 10.5 Å². The smallest absolute Gasteiger partial charge is 0.325 e. The monoisotopic (exact) mass is 435 g/mol. The maximum absolute atomic E-state index is 11.9. The van der Waals surface area contributed by atoms with E-state index < -0.39 is 35.9 Å². The fraction of sp³-hybridized carbons (Fsp3) is 0.118. The number of anilines is 1. The Morgan fingerprint density at radius 1 is 1.11 bits per heavy atom. The molecule has 2 rings (SSSR count). The molecule has 0 radical (unpaired) electrons. The number of benzene rings is 2. The van der Waals surface area contributed by atoms with Gasteiger partial charge >= 0.3 is 5.97 Å². The lowest BCUT2D eigenvalue weighted by molar-refractivity contribution is -0.384. The van der Waals surface area contributed by atoms with Gasteiger partial charge in [-0.15, -0.1) is 0 Å². The molecule has 0 aliphatic rings. The average molecular weight is 436 g/mol. The summed E-state index contributed by atoms with van der Waals surface area (Å²) in [4.78, 5) is 45.3. The Hall–Kier alpha value is -3.27. The predicted octanol–water partition coefficient (Wildman–Crippen LogP) is 2.27. The first-order valence-electron chi connectivity index (χ1n) is 7.59. The zero-order valence-electron chi connectivity index (χ0n) is 13.8. The summed E-state index contributed by atoms with van der Waals surface area (Å²) in [5.74, 6) is -2.02. The molecule has 0 unspecified atom stereocenters. The molecule has 2 aromatic rings. The molecule has 0 spiro atoms. The lowest BCUT2D eigenvalue weighted by Gasteiger charge is -2.08. The maximum atomic E-state index is 11.9. The second-order valence-electron chi connectivity index (χ2n) is 5.21. The number of nitro benzene ring substituents is 1. The van der Waals surface area contributed by atoms with E-state index in [2.05, 4.69) is 26.6 Å². The third-order valence-electron chi connectivity index (χ3n) is 3.20. The van der Waals surface area contributed by atoms with Crippen LogP contribution in [0.3, 0.4) is 0 Å². The quantitative estimate of drug-likeness (QED) is 0.390. The molecule has 9 nitrogen and oxygen atoms in total.